The number of ether oxygens (including phenoxy) is 1. The molecule has 1 aliphatic carbocycles. The summed E-state index contributed by atoms with van der Waals surface area (Å²) < 4.78 is 11.1. The zero-order valence-electron chi connectivity index (χ0n) is 15.0. The maximum Gasteiger partial charge on any atom is 0.317 e. The second kappa shape index (κ2) is 6.32. The van der Waals surface area contributed by atoms with Crippen molar-refractivity contribution in [2.45, 2.75) is 63.8 Å². The second-order valence-electron chi connectivity index (χ2n) is 8.25. The quantitative estimate of drug-likeness (QED) is 0.877. The van der Waals surface area contributed by atoms with Crippen molar-refractivity contribution in [2.75, 3.05) is 13.2 Å². The maximum atomic E-state index is 12.9. The molecular weight excluding hydrogens is 320 g/mol. The van der Waals surface area contributed by atoms with Crippen LogP contribution in [0.2, 0.25) is 0 Å². The van der Waals surface area contributed by atoms with Crippen LogP contribution < -0.4 is 5.32 Å². The van der Waals surface area contributed by atoms with Gasteiger partial charge in [0.1, 0.15) is 11.9 Å². The van der Waals surface area contributed by atoms with Crippen molar-refractivity contribution in [1.29, 1.82) is 0 Å². The van der Waals surface area contributed by atoms with Crippen LogP contribution >= 0.6 is 0 Å². The number of hydrogen-bond donors (Lipinski definition) is 2. The van der Waals surface area contributed by atoms with Gasteiger partial charge >= 0.3 is 6.03 Å². The number of hydrogen-bond acceptors (Lipinski definition) is 4. The van der Waals surface area contributed by atoms with Gasteiger partial charge in [-0.05, 0) is 31.4 Å². The normalized spacial score (nSPS) is 34.4. The summed E-state index contributed by atoms with van der Waals surface area (Å²) in [6.45, 7) is 5.89. The van der Waals surface area contributed by atoms with Crippen LogP contribution in [0.1, 0.15) is 51.4 Å². The minimum atomic E-state index is -0.666. The highest BCUT2D eigenvalue weighted by Crippen LogP contribution is 2.52. The van der Waals surface area contributed by atoms with Crippen LogP contribution in [0.5, 0.6) is 0 Å². The molecule has 1 aromatic rings. The third-order valence-electron chi connectivity index (χ3n) is 6.38. The molecule has 3 fully saturated rings. The molecule has 1 aromatic heterocycles. The monoisotopic (exact) mass is 348 g/mol. The Labute approximate surface area is 148 Å². The summed E-state index contributed by atoms with van der Waals surface area (Å²) in [6.07, 6.45) is 4.62. The number of fused-ring (bicyclic) bond motifs is 1. The number of aliphatic hydroxyl groups excluding tert-OH is 1. The van der Waals surface area contributed by atoms with Crippen LogP contribution in [0.25, 0.3) is 0 Å². The van der Waals surface area contributed by atoms with E-state index in [4.69, 9.17) is 9.15 Å². The number of carbonyl (C=O) groups excluding carboxylic acids is 1. The largest absolute Gasteiger partial charge is 0.467 e. The molecule has 0 spiro atoms. The number of rotatable bonds is 4. The number of nitrogens with one attached hydrogen (secondary N) is 1. The summed E-state index contributed by atoms with van der Waals surface area (Å²) in [4.78, 5) is 14.8. The van der Waals surface area contributed by atoms with Crippen molar-refractivity contribution in [3.63, 3.8) is 0 Å². The predicted octanol–water partition coefficient (Wildman–Crippen LogP) is 2.69. The fourth-order valence-corrected chi connectivity index (χ4v) is 5.04. The standard InChI is InChI=1S/C19H28N2O4/c1-19(2)16(13-7-10-25-17(13)19)20-18(23)21-8-3-5-12(21)11-14(22)15-6-4-9-24-15/h4,6,9,12-14,16-17,22H,3,5,7-8,10-11H2,1-2H3,(H,20,23)/t12-,13+,14+,16-,17-/m1/s1. The number of carbonyl (C=O) groups is 1. The molecule has 138 valence electrons. The Hall–Kier alpha value is -1.53. The van der Waals surface area contributed by atoms with E-state index in [2.05, 4.69) is 19.2 Å². The van der Waals surface area contributed by atoms with Gasteiger partial charge in [-0.1, -0.05) is 13.8 Å². The van der Waals surface area contributed by atoms with Gasteiger partial charge in [-0.3, -0.25) is 0 Å². The molecule has 2 amide bonds. The molecule has 1 saturated carbocycles. The number of aliphatic hydroxyl groups is 1. The van der Waals surface area contributed by atoms with Gasteiger partial charge in [0, 0.05) is 43.0 Å². The van der Waals surface area contributed by atoms with E-state index in [-0.39, 0.29) is 29.6 Å². The molecule has 3 aliphatic rings. The van der Waals surface area contributed by atoms with Crippen LogP contribution in [0.3, 0.4) is 0 Å². The van der Waals surface area contributed by atoms with Crippen LogP contribution in [0, 0.1) is 11.3 Å². The van der Waals surface area contributed by atoms with Gasteiger partial charge in [0.05, 0.1) is 12.4 Å². The maximum absolute atomic E-state index is 12.9. The van der Waals surface area contributed by atoms with E-state index in [0.717, 1.165) is 32.4 Å². The number of amides is 2. The molecule has 5 atom stereocenters. The predicted molar refractivity (Wildman–Crippen MR) is 92.0 cm³/mol. The van der Waals surface area contributed by atoms with Crippen LogP contribution in [0.4, 0.5) is 4.79 Å². The van der Waals surface area contributed by atoms with Crippen molar-refractivity contribution in [3.8, 4) is 0 Å². The Morgan fingerprint density at radius 1 is 1.48 bits per heavy atom. The molecule has 0 unspecified atom stereocenters. The third-order valence-corrected chi connectivity index (χ3v) is 6.38. The fraction of sp³-hybridized carbons (Fsp3) is 0.737. The first kappa shape index (κ1) is 16.9. The Bertz CT molecular complexity index is 615. The van der Waals surface area contributed by atoms with Crippen LogP contribution in [0.15, 0.2) is 22.8 Å². The first-order chi connectivity index (χ1) is 12.0. The molecule has 4 rings (SSSR count). The van der Waals surface area contributed by atoms with E-state index in [1.165, 1.54) is 0 Å². The highest BCUT2D eigenvalue weighted by atomic mass is 16.5. The summed E-state index contributed by atoms with van der Waals surface area (Å²) in [5.74, 6) is 1.01. The van der Waals surface area contributed by atoms with E-state index in [0.29, 0.717) is 18.1 Å². The summed E-state index contributed by atoms with van der Waals surface area (Å²) in [5, 5.41) is 13.6. The highest BCUT2D eigenvalue weighted by molar-refractivity contribution is 5.75. The van der Waals surface area contributed by atoms with E-state index in [1.54, 1.807) is 18.4 Å². The van der Waals surface area contributed by atoms with E-state index in [1.807, 2.05) is 4.90 Å². The van der Waals surface area contributed by atoms with Crippen molar-refractivity contribution in [3.05, 3.63) is 24.2 Å². The molecule has 0 bridgehead atoms. The molecule has 0 radical (unpaired) electrons. The summed E-state index contributed by atoms with van der Waals surface area (Å²) in [5.41, 5.74) is -0.0142. The molecule has 0 aromatic carbocycles. The Morgan fingerprint density at radius 3 is 3.08 bits per heavy atom. The SMILES string of the molecule is CC1(C)[C@H](NC(=O)N2CCC[C@@H]2C[C@H](O)c2ccco2)[C@@H]2CCO[C@H]21. The summed E-state index contributed by atoms with van der Waals surface area (Å²) >= 11 is 0. The van der Waals surface area contributed by atoms with Crippen molar-refractivity contribution in [2.24, 2.45) is 11.3 Å². The first-order valence-electron chi connectivity index (χ1n) is 9.38. The zero-order valence-corrected chi connectivity index (χ0v) is 15.0. The Balaban J connectivity index is 1.38. The molecule has 2 saturated heterocycles. The topological polar surface area (TPSA) is 74.9 Å². The van der Waals surface area contributed by atoms with Gasteiger partial charge in [0.25, 0.3) is 0 Å². The van der Waals surface area contributed by atoms with Gasteiger partial charge < -0.3 is 24.5 Å². The van der Waals surface area contributed by atoms with Gasteiger partial charge in [-0.25, -0.2) is 4.79 Å². The summed E-state index contributed by atoms with van der Waals surface area (Å²) in [6, 6.07) is 3.78. The Kier molecular flexibility index (Phi) is 4.28. The fourth-order valence-electron chi connectivity index (χ4n) is 5.04. The van der Waals surface area contributed by atoms with E-state index < -0.39 is 6.10 Å². The average Bonchev–Trinajstić information content (AvgIpc) is 3.31. The van der Waals surface area contributed by atoms with Crippen molar-refractivity contribution >= 4 is 6.03 Å². The van der Waals surface area contributed by atoms with E-state index in [9.17, 15) is 9.90 Å². The molecule has 3 heterocycles. The van der Waals surface area contributed by atoms with E-state index >= 15 is 0 Å². The zero-order chi connectivity index (χ0) is 17.6. The first-order valence-corrected chi connectivity index (χ1v) is 9.38. The van der Waals surface area contributed by atoms with Gasteiger partial charge in [0.2, 0.25) is 0 Å². The van der Waals surface area contributed by atoms with Gasteiger partial charge in [-0.15, -0.1) is 0 Å². The number of nitrogens with zero attached hydrogens (tertiary/aromatic N) is 1. The van der Waals surface area contributed by atoms with Gasteiger partial charge in [-0.2, -0.15) is 0 Å². The lowest BCUT2D eigenvalue weighted by molar-refractivity contribution is -0.109. The van der Waals surface area contributed by atoms with Gasteiger partial charge in [0.15, 0.2) is 0 Å². The van der Waals surface area contributed by atoms with Crippen molar-refractivity contribution in [1.82, 2.24) is 10.2 Å². The number of urea groups is 1. The number of likely N-dealkylation sites (tertiary alicyclic amines) is 1. The second-order valence-corrected chi connectivity index (χ2v) is 8.25. The van der Waals surface area contributed by atoms with Crippen LogP contribution in [-0.2, 0) is 4.74 Å². The average molecular weight is 348 g/mol. The molecular formula is C19H28N2O4. The minimum absolute atomic E-state index is 0.00225. The van der Waals surface area contributed by atoms with Crippen LogP contribution in [-0.4, -0.2) is 47.4 Å². The molecule has 2 N–H and O–H groups in total. The number of furan rings is 1. The minimum Gasteiger partial charge on any atom is -0.467 e. The summed E-state index contributed by atoms with van der Waals surface area (Å²) in [7, 11) is 0. The molecule has 2 aliphatic heterocycles. The lowest BCUT2D eigenvalue weighted by atomic mass is 9.57. The molecule has 25 heavy (non-hydrogen) atoms. The van der Waals surface area contributed by atoms with Crippen molar-refractivity contribution < 1.29 is 19.1 Å². The lowest BCUT2D eigenvalue weighted by Crippen LogP contribution is -2.68. The molecule has 6 nitrogen and oxygen atoms in total. The smallest absolute Gasteiger partial charge is 0.317 e. The third kappa shape index (κ3) is 2.85. The lowest BCUT2D eigenvalue weighted by Gasteiger charge is -2.54. The molecule has 6 heteroatoms. The highest BCUT2D eigenvalue weighted by Gasteiger charge is 2.60. The Morgan fingerprint density at radius 2 is 2.32 bits per heavy atom.